The van der Waals surface area contributed by atoms with Crippen molar-refractivity contribution in [2.45, 2.75) is 63.3 Å². The van der Waals surface area contributed by atoms with Crippen LogP contribution >= 0.6 is 0 Å². The van der Waals surface area contributed by atoms with Gasteiger partial charge in [0, 0.05) is 43.2 Å². The van der Waals surface area contributed by atoms with Gasteiger partial charge in [-0.05, 0) is 45.8 Å². The third-order valence-corrected chi connectivity index (χ3v) is 6.10. The summed E-state index contributed by atoms with van der Waals surface area (Å²) >= 11 is 0. The second-order valence-corrected chi connectivity index (χ2v) is 8.57. The van der Waals surface area contributed by atoms with Crippen LogP contribution in [0.3, 0.4) is 0 Å². The summed E-state index contributed by atoms with van der Waals surface area (Å²) < 4.78 is 5.42. The number of likely N-dealkylation sites (tertiary alicyclic amines) is 1. The number of piperidine rings is 1. The van der Waals surface area contributed by atoms with E-state index in [4.69, 9.17) is 4.52 Å². The highest BCUT2D eigenvalue weighted by atomic mass is 16.5. The first-order valence-electron chi connectivity index (χ1n) is 10.5. The highest BCUT2D eigenvalue weighted by Gasteiger charge is 2.29. The van der Waals surface area contributed by atoms with Gasteiger partial charge in [0.1, 0.15) is 0 Å². The Kier molecular flexibility index (Phi) is 5.80. The summed E-state index contributed by atoms with van der Waals surface area (Å²) in [5.74, 6) is 1.24. The van der Waals surface area contributed by atoms with Crippen LogP contribution in [-0.2, 0) is 6.54 Å². The molecule has 2 aromatic heterocycles. The van der Waals surface area contributed by atoms with Crippen molar-refractivity contribution in [3.63, 3.8) is 0 Å². The second kappa shape index (κ2) is 8.47. The highest BCUT2D eigenvalue weighted by molar-refractivity contribution is 5.91. The SMILES string of the molecule is CN(C)Cc1cc(C2CCN(C(=O)c3cc(C4CCCCC4)no3)CC2)n[nH]1. The molecule has 1 aliphatic heterocycles. The van der Waals surface area contributed by atoms with Crippen molar-refractivity contribution < 1.29 is 9.32 Å². The summed E-state index contributed by atoms with van der Waals surface area (Å²) in [6.07, 6.45) is 7.98. The summed E-state index contributed by atoms with van der Waals surface area (Å²) in [5.41, 5.74) is 3.21. The van der Waals surface area contributed by atoms with Gasteiger partial charge in [-0.25, -0.2) is 0 Å². The van der Waals surface area contributed by atoms with Crippen molar-refractivity contribution in [3.8, 4) is 0 Å². The standard InChI is InChI=1S/C21H31N5O2/c1-25(2)14-17-12-18(23-22-17)16-8-10-26(11-9-16)21(27)20-13-19(24-28-20)15-6-4-3-5-7-15/h12-13,15-16H,3-11,14H2,1-2H3,(H,22,23). The molecular weight excluding hydrogens is 354 g/mol. The largest absolute Gasteiger partial charge is 0.351 e. The van der Waals surface area contributed by atoms with Gasteiger partial charge in [0.15, 0.2) is 0 Å². The molecule has 0 atom stereocenters. The fraction of sp³-hybridized carbons (Fsp3) is 0.667. The number of carbonyl (C=O) groups excluding carboxylic acids is 1. The van der Waals surface area contributed by atoms with Gasteiger partial charge in [-0.3, -0.25) is 9.89 Å². The predicted octanol–water partition coefficient (Wildman–Crippen LogP) is 3.53. The van der Waals surface area contributed by atoms with Crippen LogP contribution in [0.1, 0.15) is 84.4 Å². The number of H-pyrrole nitrogens is 1. The lowest BCUT2D eigenvalue weighted by Crippen LogP contribution is -2.37. The number of carbonyl (C=O) groups is 1. The first-order chi connectivity index (χ1) is 13.6. The smallest absolute Gasteiger partial charge is 0.292 e. The number of aromatic nitrogens is 3. The fourth-order valence-corrected chi connectivity index (χ4v) is 4.52. The monoisotopic (exact) mass is 385 g/mol. The van der Waals surface area contributed by atoms with Crippen molar-refractivity contribution in [2.75, 3.05) is 27.2 Å². The van der Waals surface area contributed by atoms with Gasteiger partial charge in [-0.2, -0.15) is 5.10 Å². The molecule has 1 aliphatic carbocycles. The maximum Gasteiger partial charge on any atom is 0.292 e. The quantitative estimate of drug-likeness (QED) is 0.852. The van der Waals surface area contributed by atoms with E-state index in [-0.39, 0.29) is 5.91 Å². The molecule has 2 aliphatic rings. The average molecular weight is 386 g/mol. The van der Waals surface area contributed by atoms with Crippen LogP contribution < -0.4 is 0 Å². The molecule has 0 unspecified atom stereocenters. The van der Waals surface area contributed by atoms with Crippen LogP contribution in [0.5, 0.6) is 0 Å². The van der Waals surface area contributed by atoms with E-state index in [1.54, 1.807) is 0 Å². The van der Waals surface area contributed by atoms with E-state index >= 15 is 0 Å². The third-order valence-electron chi connectivity index (χ3n) is 6.10. The molecule has 0 aromatic carbocycles. The van der Waals surface area contributed by atoms with E-state index in [0.29, 0.717) is 17.6 Å². The number of aromatic amines is 1. The zero-order chi connectivity index (χ0) is 19.5. The van der Waals surface area contributed by atoms with Crippen molar-refractivity contribution >= 4 is 5.91 Å². The molecule has 152 valence electrons. The van der Waals surface area contributed by atoms with E-state index in [9.17, 15) is 4.79 Å². The Balaban J connectivity index is 1.32. The molecule has 0 radical (unpaired) electrons. The molecule has 1 N–H and O–H groups in total. The number of nitrogens with one attached hydrogen (secondary N) is 1. The minimum Gasteiger partial charge on any atom is -0.351 e. The maximum absolute atomic E-state index is 12.8. The Morgan fingerprint density at radius 2 is 1.82 bits per heavy atom. The van der Waals surface area contributed by atoms with Crippen molar-refractivity contribution in [2.24, 2.45) is 0 Å². The fourth-order valence-electron chi connectivity index (χ4n) is 4.52. The van der Waals surface area contributed by atoms with Crippen molar-refractivity contribution in [1.29, 1.82) is 0 Å². The van der Waals surface area contributed by atoms with Crippen LogP contribution in [-0.4, -0.2) is 58.2 Å². The van der Waals surface area contributed by atoms with Crippen molar-refractivity contribution in [3.05, 3.63) is 35.0 Å². The molecular formula is C21H31N5O2. The zero-order valence-electron chi connectivity index (χ0n) is 17.0. The molecule has 7 nitrogen and oxygen atoms in total. The Morgan fingerprint density at radius 3 is 2.54 bits per heavy atom. The van der Waals surface area contributed by atoms with Crippen LogP contribution in [0, 0.1) is 0 Å². The van der Waals surface area contributed by atoms with E-state index in [1.807, 2.05) is 25.1 Å². The maximum atomic E-state index is 12.8. The summed E-state index contributed by atoms with van der Waals surface area (Å²) in [6, 6.07) is 4.04. The van der Waals surface area contributed by atoms with Crippen LogP contribution in [0.2, 0.25) is 0 Å². The molecule has 4 rings (SSSR count). The Labute approximate surface area is 166 Å². The molecule has 3 heterocycles. The van der Waals surface area contributed by atoms with Gasteiger partial charge < -0.3 is 14.3 Å². The van der Waals surface area contributed by atoms with Gasteiger partial charge in [0.25, 0.3) is 5.91 Å². The molecule has 1 saturated heterocycles. The van der Waals surface area contributed by atoms with Crippen LogP contribution in [0.15, 0.2) is 16.7 Å². The van der Waals surface area contributed by atoms with E-state index in [0.717, 1.165) is 62.4 Å². The van der Waals surface area contributed by atoms with Gasteiger partial charge in [-0.15, -0.1) is 0 Å². The Morgan fingerprint density at radius 1 is 1.11 bits per heavy atom. The average Bonchev–Trinajstić information content (AvgIpc) is 3.38. The minimum atomic E-state index is -0.0247. The minimum absolute atomic E-state index is 0.0247. The molecule has 7 heteroatoms. The summed E-state index contributed by atoms with van der Waals surface area (Å²) in [6.45, 7) is 2.33. The molecule has 0 bridgehead atoms. The van der Waals surface area contributed by atoms with Crippen LogP contribution in [0.25, 0.3) is 0 Å². The van der Waals surface area contributed by atoms with Gasteiger partial charge in [0.2, 0.25) is 5.76 Å². The third kappa shape index (κ3) is 4.29. The lowest BCUT2D eigenvalue weighted by atomic mass is 9.87. The second-order valence-electron chi connectivity index (χ2n) is 8.57. The number of rotatable bonds is 5. The molecule has 2 fully saturated rings. The number of hydrogen-bond donors (Lipinski definition) is 1. The van der Waals surface area contributed by atoms with Gasteiger partial charge >= 0.3 is 0 Å². The van der Waals surface area contributed by atoms with E-state index in [1.165, 1.54) is 19.3 Å². The highest BCUT2D eigenvalue weighted by Crippen LogP contribution is 2.33. The number of nitrogens with zero attached hydrogens (tertiary/aromatic N) is 4. The first-order valence-corrected chi connectivity index (χ1v) is 10.5. The molecule has 1 saturated carbocycles. The normalized spacial score (nSPS) is 19.5. The van der Waals surface area contributed by atoms with E-state index in [2.05, 4.69) is 26.3 Å². The van der Waals surface area contributed by atoms with Gasteiger partial charge in [0.05, 0.1) is 11.4 Å². The molecule has 28 heavy (non-hydrogen) atoms. The predicted molar refractivity (Wildman–Crippen MR) is 106 cm³/mol. The zero-order valence-corrected chi connectivity index (χ0v) is 17.0. The number of amides is 1. The summed E-state index contributed by atoms with van der Waals surface area (Å²) in [7, 11) is 4.10. The summed E-state index contributed by atoms with van der Waals surface area (Å²) in [4.78, 5) is 16.8. The Hall–Kier alpha value is -2.15. The van der Waals surface area contributed by atoms with Gasteiger partial charge in [-0.1, -0.05) is 24.4 Å². The number of hydrogen-bond acceptors (Lipinski definition) is 5. The van der Waals surface area contributed by atoms with E-state index < -0.39 is 0 Å². The topological polar surface area (TPSA) is 78.3 Å². The van der Waals surface area contributed by atoms with Crippen molar-refractivity contribution in [1.82, 2.24) is 25.2 Å². The van der Waals surface area contributed by atoms with Crippen LogP contribution in [0.4, 0.5) is 0 Å². The molecule has 1 amide bonds. The lowest BCUT2D eigenvalue weighted by Gasteiger charge is -2.30. The summed E-state index contributed by atoms with van der Waals surface area (Å²) in [5, 5.41) is 11.8. The molecule has 0 spiro atoms. The molecule has 2 aromatic rings. The lowest BCUT2D eigenvalue weighted by molar-refractivity contribution is 0.0670. The first kappa shape index (κ1) is 19.2. The Bertz CT molecular complexity index is 782.